The molecule has 1 aromatic rings. The molecule has 7 heteroatoms. The molecule has 0 aromatic carbocycles. The zero-order valence-corrected chi connectivity index (χ0v) is 14.7. The van der Waals surface area contributed by atoms with E-state index in [0.717, 1.165) is 23.4 Å². The predicted octanol–water partition coefficient (Wildman–Crippen LogP) is 2.82. The molecule has 5 rings (SSSR count). The molecule has 0 aliphatic heterocycles. The van der Waals surface area contributed by atoms with E-state index >= 15 is 0 Å². The molecule has 0 atom stereocenters. The third-order valence-corrected chi connectivity index (χ3v) is 6.50. The van der Waals surface area contributed by atoms with Gasteiger partial charge in [0.2, 0.25) is 5.91 Å². The Bertz CT molecular complexity index is 661. The van der Waals surface area contributed by atoms with Crippen LogP contribution in [0, 0.1) is 40.2 Å². The largest absolute Gasteiger partial charge is 0.390 e. The summed E-state index contributed by atoms with van der Waals surface area (Å²) < 4.78 is 1.59. The molecule has 7 nitrogen and oxygen atoms in total. The number of carbonyl (C=O) groups excluding carboxylic acids is 1. The average molecular weight is 346 g/mol. The standard InChI is InChI=1S/C18H26N4O3/c1-12-4-16(22(24)25)20-21(12)3-2-19-17(23)11-18-8-13-5-14(9-18)7-15(6-13)10-18/h4,13-15H,2-3,5-11H2,1H3,(H,19,23). The van der Waals surface area contributed by atoms with Crippen molar-refractivity contribution in [2.45, 2.75) is 58.4 Å². The summed E-state index contributed by atoms with van der Waals surface area (Å²) in [4.78, 5) is 22.7. The lowest BCUT2D eigenvalue weighted by atomic mass is 9.49. The summed E-state index contributed by atoms with van der Waals surface area (Å²) in [5, 5.41) is 17.7. The molecule has 0 radical (unpaired) electrons. The van der Waals surface area contributed by atoms with Gasteiger partial charge in [-0.25, -0.2) is 0 Å². The van der Waals surface area contributed by atoms with Crippen molar-refractivity contribution in [1.82, 2.24) is 15.1 Å². The van der Waals surface area contributed by atoms with Crippen molar-refractivity contribution in [2.75, 3.05) is 6.54 Å². The highest BCUT2D eigenvalue weighted by molar-refractivity contribution is 5.76. The van der Waals surface area contributed by atoms with Crippen LogP contribution in [0.15, 0.2) is 6.07 Å². The monoisotopic (exact) mass is 346 g/mol. The minimum Gasteiger partial charge on any atom is -0.358 e. The highest BCUT2D eigenvalue weighted by atomic mass is 16.6. The molecule has 4 fully saturated rings. The number of rotatable bonds is 6. The maximum absolute atomic E-state index is 12.5. The van der Waals surface area contributed by atoms with Crippen molar-refractivity contribution < 1.29 is 9.72 Å². The highest BCUT2D eigenvalue weighted by Gasteiger charge is 2.51. The lowest BCUT2D eigenvalue weighted by Gasteiger charge is -2.56. The first kappa shape index (κ1) is 16.5. The topological polar surface area (TPSA) is 90.1 Å². The van der Waals surface area contributed by atoms with Crippen LogP contribution in [0.2, 0.25) is 0 Å². The molecule has 1 heterocycles. The summed E-state index contributed by atoms with van der Waals surface area (Å²) >= 11 is 0. The Morgan fingerprint density at radius 2 is 1.92 bits per heavy atom. The second-order valence-corrected chi connectivity index (χ2v) is 8.57. The van der Waals surface area contributed by atoms with Gasteiger partial charge in [-0.15, -0.1) is 0 Å². The first-order chi connectivity index (χ1) is 11.9. The molecule has 25 heavy (non-hydrogen) atoms. The van der Waals surface area contributed by atoms with E-state index in [2.05, 4.69) is 10.4 Å². The molecule has 4 saturated carbocycles. The Morgan fingerprint density at radius 1 is 1.32 bits per heavy atom. The predicted molar refractivity (Wildman–Crippen MR) is 91.9 cm³/mol. The number of nitrogens with one attached hydrogen (secondary N) is 1. The molecule has 1 amide bonds. The minimum atomic E-state index is -0.491. The van der Waals surface area contributed by atoms with Gasteiger partial charge in [0.05, 0.1) is 23.4 Å². The molecule has 0 spiro atoms. The third-order valence-electron chi connectivity index (χ3n) is 6.50. The fourth-order valence-electron chi connectivity index (χ4n) is 6.02. The molecule has 0 saturated heterocycles. The molecule has 4 bridgehead atoms. The van der Waals surface area contributed by atoms with E-state index in [9.17, 15) is 14.9 Å². The fraction of sp³-hybridized carbons (Fsp3) is 0.778. The van der Waals surface area contributed by atoms with E-state index in [-0.39, 0.29) is 17.1 Å². The molecule has 4 aliphatic carbocycles. The quantitative estimate of drug-likeness (QED) is 0.633. The molecular weight excluding hydrogens is 320 g/mol. The summed E-state index contributed by atoms with van der Waals surface area (Å²) in [5.41, 5.74) is 0.987. The summed E-state index contributed by atoms with van der Waals surface area (Å²) in [6.07, 6.45) is 8.51. The second-order valence-electron chi connectivity index (χ2n) is 8.57. The van der Waals surface area contributed by atoms with Crippen LogP contribution in [0.4, 0.5) is 5.82 Å². The lowest BCUT2D eigenvalue weighted by molar-refractivity contribution is -0.389. The normalized spacial score (nSPS) is 32.8. The van der Waals surface area contributed by atoms with Crippen LogP contribution < -0.4 is 5.32 Å². The van der Waals surface area contributed by atoms with Gasteiger partial charge in [0.1, 0.15) is 0 Å². The van der Waals surface area contributed by atoms with E-state index in [0.29, 0.717) is 19.5 Å². The van der Waals surface area contributed by atoms with E-state index in [4.69, 9.17) is 0 Å². The summed E-state index contributed by atoms with van der Waals surface area (Å²) in [6, 6.07) is 1.46. The van der Waals surface area contributed by atoms with Crippen LogP contribution in [-0.4, -0.2) is 27.2 Å². The Morgan fingerprint density at radius 3 is 2.44 bits per heavy atom. The molecule has 1 N–H and O–H groups in total. The number of carbonyl (C=O) groups is 1. The fourth-order valence-corrected chi connectivity index (χ4v) is 6.02. The number of hydrogen-bond donors (Lipinski definition) is 1. The van der Waals surface area contributed by atoms with Crippen LogP contribution in [0.5, 0.6) is 0 Å². The Kier molecular flexibility index (Phi) is 4.04. The van der Waals surface area contributed by atoms with E-state index in [1.807, 2.05) is 0 Å². The summed E-state index contributed by atoms with van der Waals surface area (Å²) in [6.45, 7) is 2.72. The number of aromatic nitrogens is 2. The smallest absolute Gasteiger partial charge is 0.358 e. The van der Waals surface area contributed by atoms with Gasteiger partial charge in [-0.2, -0.15) is 4.68 Å². The first-order valence-corrected chi connectivity index (χ1v) is 9.38. The van der Waals surface area contributed by atoms with Gasteiger partial charge >= 0.3 is 5.82 Å². The van der Waals surface area contributed by atoms with Crippen LogP contribution >= 0.6 is 0 Å². The van der Waals surface area contributed by atoms with Crippen molar-refractivity contribution in [3.8, 4) is 0 Å². The maximum atomic E-state index is 12.5. The molecule has 0 unspecified atom stereocenters. The first-order valence-electron chi connectivity index (χ1n) is 9.38. The van der Waals surface area contributed by atoms with Crippen LogP contribution in [0.3, 0.4) is 0 Å². The van der Waals surface area contributed by atoms with Crippen LogP contribution in [0.25, 0.3) is 0 Å². The Balaban J connectivity index is 1.29. The summed E-state index contributed by atoms with van der Waals surface area (Å²) in [5.74, 6) is 2.54. The second kappa shape index (κ2) is 6.11. The Labute approximate surface area is 147 Å². The van der Waals surface area contributed by atoms with Gasteiger partial charge in [0.25, 0.3) is 0 Å². The maximum Gasteiger partial charge on any atom is 0.390 e. The van der Waals surface area contributed by atoms with Crippen molar-refractivity contribution in [3.05, 3.63) is 21.9 Å². The highest BCUT2D eigenvalue weighted by Crippen LogP contribution is 2.61. The van der Waals surface area contributed by atoms with Gasteiger partial charge < -0.3 is 15.4 Å². The molecular formula is C18H26N4O3. The van der Waals surface area contributed by atoms with Gasteiger partial charge in [-0.05, 0) is 73.5 Å². The number of nitro groups is 1. The van der Waals surface area contributed by atoms with Gasteiger partial charge in [0, 0.05) is 13.0 Å². The zero-order valence-electron chi connectivity index (χ0n) is 14.7. The SMILES string of the molecule is Cc1cc([N+](=O)[O-])nn1CCNC(=O)CC12CC3CC(CC(C3)C1)C2. The summed E-state index contributed by atoms with van der Waals surface area (Å²) in [7, 11) is 0. The van der Waals surface area contributed by atoms with Crippen molar-refractivity contribution in [3.63, 3.8) is 0 Å². The minimum absolute atomic E-state index is 0.126. The van der Waals surface area contributed by atoms with Gasteiger partial charge in [0.15, 0.2) is 0 Å². The number of amides is 1. The number of nitrogens with zero attached hydrogens (tertiary/aromatic N) is 3. The van der Waals surface area contributed by atoms with Gasteiger partial charge in [-0.1, -0.05) is 0 Å². The number of hydrogen-bond acceptors (Lipinski definition) is 4. The van der Waals surface area contributed by atoms with Crippen LogP contribution in [-0.2, 0) is 11.3 Å². The average Bonchev–Trinajstić information content (AvgIpc) is 2.87. The van der Waals surface area contributed by atoms with Crippen LogP contribution in [0.1, 0.15) is 50.6 Å². The molecule has 4 aliphatic rings. The van der Waals surface area contributed by atoms with E-state index in [1.54, 1.807) is 11.6 Å². The van der Waals surface area contributed by atoms with E-state index in [1.165, 1.54) is 44.6 Å². The number of aryl methyl sites for hydroxylation is 1. The van der Waals surface area contributed by atoms with Crippen molar-refractivity contribution >= 4 is 11.7 Å². The molecule has 136 valence electrons. The Hall–Kier alpha value is -1.92. The van der Waals surface area contributed by atoms with Crippen molar-refractivity contribution in [2.24, 2.45) is 23.2 Å². The van der Waals surface area contributed by atoms with E-state index < -0.39 is 4.92 Å². The zero-order chi connectivity index (χ0) is 17.6. The van der Waals surface area contributed by atoms with Gasteiger partial charge in [-0.3, -0.25) is 4.79 Å². The molecule has 1 aromatic heterocycles. The third kappa shape index (κ3) is 3.28. The van der Waals surface area contributed by atoms with Crippen molar-refractivity contribution in [1.29, 1.82) is 0 Å². The lowest BCUT2D eigenvalue weighted by Crippen LogP contribution is -2.48.